The van der Waals surface area contributed by atoms with Gasteiger partial charge in [-0.05, 0) is 30.5 Å². The maximum atomic E-state index is 12.2. The van der Waals surface area contributed by atoms with Gasteiger partial charge in [0.05, 0.1) is 5.92 Å². The van der Waals surface area contributed by atoms with E-state index in [1.807, 2.05) is 18.2 Å². The van der Waals surface area contributed by atoms with E-state index in [0.717, 1.165) is 35.9 Å². The molecule has 1 aliphatic rings. The minimum Gasteiger partial charge on any atom is -0.355 e. The number of benzene rings is 1. The van der Waals surface area contributed by atoms with Crippen molar-refractivity contribution in [2.45, 2.75) is 25.5 Å². The molecule has 23 heavy (non-hydrogen) atoms. The second-order valence-electron chi connectivity index (χ2n) is 5.78. The van der Waals surface area contributed by atoms with Crippen molar-refractivity contribution in [3.05, 3.63) is 34.9 Å². The molecule has 0 aliphatic carbocycles. The predicted molar refractivity (Wildman–Crippen MR) is 95.6 cm³/mol. The van der Waals surface area contributed by atoms with Crippen LogP contribution in [0.4, 0.5) is 0 Å². The van der Waals surface area contributed by atoms with Crippen LogP contribution in [0.1, 0.15) is 25.3 Å². The van der Waals surface area contributed by atoms with Crippen LogP contribution in [0.3, 0.4) is 0 Å². The number of carbonyl (C=O) groups excluding carboxylic acids is 2. The normalized spacial score (nSPS) is 17.8. The van der Waals surface area contributed by atoms with Gasteiger partial charge in [-0.1, -0.05) is 23.7 Å². The Morgan fingerprint density at radius 2 is 2.26 bits per heavy atom. The van der Waals surface area contributed by atoms with E-state index in [4.69, 9.17) is 11.6 Å². The first-order valence-electron chi connectivity index (χ1n) is 7.91. The van der Waals surface area contributed by atoms with Crippen LogP contribution in [0.2, 0.25) is 5.02 Å². The summed E-state index contributed by atoms with van der Waals surface area (Å²) in [6.07, 6.45) is 1.77. The first-order valence-corrected chi connectivity index (χ1v) is 9.45. The summed E-state index contributed by atoms with van der Waals surface area (Å²) in [5.41, 5.74) is 1.19. The summed E-state index contributed by atoms with van der Waals surface area (Å²) in [5.74, 6) is 1.81. The van der Waals surface area contributed by atoms with Gasteiger partial charge in [-0.25, -0.2) is 0 Å². The quantitative estimate of drug-likeness (QED) is 0.799. The number of hydrogen-bond acceptors (Lipinski definition) is 3. The topological polar surface area (TPSA) is 49.4 Å². The number of nitrogens with zero attached hydrogens (tertiary/aromatic N) is 1. The van der Waals surface area contributed by atoms with E-state index in [1.165, 1.54) is 5.56 Å². The van der Waals surface area contributed by atoms with Gasteiger partial charge in [0.2, 0.25) is 11.8 Å². The minimum atomic E-state index is -0.0643. The largest absolute Gasteiger partial charge is 0.355 e. The smallest absolute Gasteiger partial charge is 0.224 e. The second kappa shape index (κ2) is 9.18. The van der Waals surface area contributed by atoms with Gasteiger partial charge >= 0.3 is 0 Å². The third-order valence-corrected chi connectivity index (χ3v) is 5.21. The average molecular weight is 355 g/mol. The number of amides is 2. The summed E-state index contributed by atoms with van der Waals surface area (Å²) in [4.78, 5) is 25.3. The van der Waals surface area contributed by atoms with E-state index >= 15 is 0 Å². The molecule has 1 fully saturated rings. The van der Waals surface area contributed by atoms with Crippen LogP contribution in [-0.4, -0.2) is 42.1 Å². The van der Waals surface area contributed by atoms with Gasteiger partial charge in [-0.2, -0.15) is 11.8 Å². The minimum absolute atomic E-state index is 0.0552. The fourth-order valence-corrected chi connectivity index (χ4v) is 3.70. The number of likely N-dealkylation sites (tertiary alicyclic amines) is 1. The summed E-state index contributed by atoms with van der Waals surface area (Å²) in [5, 5.41) is 3.74. The Morgan fingerprint density at radius 3 is 3.00 bits per heavy atom. The van der Waals surface area contributed by atoms with Crippen LogP contribution in [0.25, 0.3) is 0 Å². The van der Waals surface area contributed by atoms with Crippen molar-refractivity contribution in [3.8, 4) is 0 Å². The SMILES string of the molecule is CC(=O)N1CCCC(C(=O)NCCSCc2cccc(Cl)c2)C1. The van der Waals surface area contributed by atoms with Crippen LogP contribution in [0.15, 0.2) is 24.3 Å². The molecular weight excluding hydrogens is 332 g/mol. The van der Waals surface area contributed by atoms with Gasteiger partial charge < -0.3 is 10.2 Å². The third-order valence-electron chi connectivity index (χ3n) is 3.94. The van der Waals surface area contributed by atoms with E-state index in [-0.39, 0.29) is 17.7 Å². The number of halogens is 1. The summed E-state index contributed by atoms with van der Waals surface area (Å²) < 4.78 is 0. The first-order chi connectivity index (χ1) is 11.1. The van der Waals surface area contributed by atoms with Gasteiger partial charge in [0.25, 0.3) is 0 Å². The van der Waals surface area contributed by atoms with Crippen LogP contribution in [-0.2, 0) is 15.3 Å². The molecule has 0 saturated carbocycles. The molecule has 1 atom stereocenters. The van der Waals surface area contributed by atoms with Gasteiger partial charge in [-0.3, -0.25) is 9.59 Å². The van der Waals surface area contributed by atoms with Crippen molar-refractivity contribution < 1.29 is 9.59 Å². The molecule has 0 radical (unpaired) electrons. The van der Waals surface area contributed by atoms with Crippen LogP contribution in [0.5, 0.6) is 0 Å². The molecule has 4 nitrogen and oxygen atoms in total. The van der Waals surface area contributed by atoms with Crippen LogP contribution in [0, 0.1) is 5.92 Å². The van der Waals surface area contributed by atoms with Crippen molar-refractivity contribution in [2.75, 3.05) is 25.4 Å². The van der Waals surface area contributed by atoms with Crippen LogP contribution < -0.4 is 5.32 Å². The van der Waals surface area contributed by atoms with Crippen molar-refractivity contribution in [2.24, 2.45) is 5.92 Å². The lowest BCUT2D eigenvalue weighted by atomic mass is 9.97. The lowest BCUT2D eigenvalue weighted by molar-refractivity contribution is -0.133. The van der Waals surface area contributed by atoms with Gasteiger partial charge in [0.1, 0.15) is 0 Å². The van der Waals surface area contributed by atoms with E-state index in [1.54, 1.807) is 23.6 Å². The molecule has 6 heteroatoms. The van der Waals surface area contributed by atoms with E-state index in [2.05, 4.69) is 11.4 Å². The molecule has 1 heterocycles. The number of rotatable bonds is 6. The van der Waals surface area contributed by atoms with Crippen molar-refractivity contribution >= 4 is 35.2 Å². The second-order valence-corrected chi connectivity index (χ2v) is 7.32. The Bertz CT molecular complexity index is 553. The van der Waals surface area contributed by atoms with E-state index in [0.29, 0.717) is 13.1 Å². The molecule has 0 bridgehead atoms. The summed E-state index contributed by atoms with van der Waals surface area (Å²) in [6, 6.07) is 7.83. The number of thioether (sulfide) groups is 1. The molecule has 1 aromatic carbocycles. The molecule has 1 aromatic rings. The van der Waals surface area contributed by atoms with Crippen molar-refractivity contribution in [1.29, 1.82) is 0 Å². The zero-order valence-corrected chi connectivity index (χ0v) is 15.0. The molecule has 1 saturated heterocycles. The molecule has 2 amide bonds. The summed E-state index contributed by atoms with van der Waals surface area (Å²) in [6.45, 7) is 3.54. The number of hydrogen-bond donors (Lipinski definition) is 1. The highest BCUT2D eigenvalue weighted by Gasteiger charge is 2.26. The molecular formula is C17H23ClN2O2S. The molecule has 1 unspecified atom stereocenters. The third kappa shape index (κ3) is 6.07. The standard InChI is InChI=1S/C17H23ClN2O2S/c1-13(21)20-8-3-5-15(11-20)17(22)19-7-9-23-12-14-4-2-6-16(18)10-14/h2,4,6,10,15H,3,5,7-9,11-12H2,1H3,(H,19,22). The van der Waals surface area contributed by atoms with Crippen molar-refractivity contribution in [3.63, 3.8) is 0 Å². The Kier molecular flexibility index (Phi) is 7.24. The van der Waals surface area contributed by atoms with E-state index in [9.17, 15) is 9.59 Å². The Morgan fingerprint density at radius 1 is 1.43 bits per heavy atom. The molecule has 2 rings (SSSR count). The average Bonchev–Trinajstić information content (AvgIpc) is 2.54. The summed E-state index contributed by atoms with van der Waals surface area (Å²) >= 11 is 7.72. The fourth-order valence-electron chi connectivity index (χ4n) is 2.68. The number of carbonyl (C=O) groups is 2. The monoisotopic (exact) mass is 354 g/mol. The zero-order valence-electron chi connectivity index (χ0n) is 13.4. The first kappa shape index (κ1) is 18.1. The summed E-state index contributed by atoms with van der Waals surface area (Å²) in [7, 11) is 0. The van der Waals surface area contributed by atoms with Gasteiger partial charge in [0, 0.05) is 43.1 Å². The van der Waals surface area contributed by atoms with Crippen LogP contribution >= 0.6 is 23.4 Å². The molecule has 1 aliphatic heterocycles. The van der Waals surface area contributed by atoms with Gasteiger partial charge in [-0.15, -0.1) is 0 Å². The highest BCUT2D eigenvalue weighted by atomic mass is 35.5. The molecule has 0 spiro atoms. The van der Waals surface area contributed by atoms with Gasteiger partial charge in [0.15, 0.2) is 0 Å². The lowest BCUT2D eigenvalue weighted by Crippen LogP contribution is -2.45. The Hall–Kier alpha value is -1.20. The predicted octanol–water partition coefficient (Wildman–Crippen LogP) is 2.95. The lowest BCUT2D eigenvalue weighted by Gasteiger charge is -2.31. The highest BCUT2D eigenvalue weighted by Crippen LogP contribution is 2.18. The Labute approximate surface area is 146 Å². The Balaban J connectivity index is 1.64. The zero-order chi connectivity index (χ0) is 16.7. The molecule has 126 valence electrons. The molecule has 1 N–H and O–H groups in total. The van der Waals surface area contributed by atoms with Crippen molar-refractivity contribution in [1.82, 2.24) is 10.2 Å². The highest BCUT2D eigenvalue weighted by molar-refractivity contribution is 7.98. The maximum absolute atomic E-state index is 12.2. The molecule has 0 aromatic heterocycles. The van der Waals surface area contributed by atoms with E-state index < -0.39 is 0 Å². The number of nitrogens with one attached hydrogen (secondary N) is 1. The number of piperidine rings is 1. The fraction of sp³-hybridized carbons (Fsp3) is 0.529. The maximum Gasteiger partial charge on any atom is 0.224 e.